The Morgan fingerprint density at radius 3 is 1.76 bits per heavy atom. The summed E-state index contributed by atoms with van der Waals surface area (Å²) in [6.45, 7) is 14.8. The number of nitrogens with zero attached hydrogens (tertiary/aromatic N) is 3. The molecule has 0 saturated heterocycles. The Kier molecular flexibility index (Phi) is 6.92. The molecule has 0 unspecified atom stereocenters. The topological polar surface area (TPSA) is 117 Å². The van der Waals surface area contributed by atoms with Gasteiger partial charge in [0.25, 0.3) is 0 Å². The molecule has 0 aliphatic rings. The van der Waals surface area contributed by atoms with Gasteiger partial charge in [-0.05, 0) is 80.5 Å². The quantitative estimate of drug-likeness (QED) is 0.436. The number of benzene rings is 1. The van der Waals surface area contributed by atoms with Crippen molar-refractivity contribution in [2.45, 2.75) is 79.1 Å². The van der Waals surface area contributed by atoms with E-state index in [1.165, 1.54) is 18.2 Å². The first-order valence-corrected chi connectivity index (χ1v) is 10.4. The molecule has 10 heteroatoms. The second-order valence-corrected chi connectivity index (χ2v) is 10.4. The number of carbonyl (C=O) groups excluding carboxylic acids is 4. The number of carbonyl (C=O) groups is 4. The molecule has 0 spiro atoms. The van der Waals surface area contributed by atoms with E-state index in [2.05, 4.69) is 4.98 Å². The second-order valence-electron chi connectivity index (χ2n) is 10.4. The molecule has 33 heavy (non-hydrogen) atoms. The standard InChI is InChI=1S/C23H31N3O7/c1-21(2,3)31-18(28)25-16-12-14(13-27)10-11-15(16)24-17(25)26(19(29)32-22(4,5)6)20(30)33-23(7,8)9/h10-13H,1-9H3. The first kappa shape index (κ1) is 25.8. The van der Waals surface area contributed by atoms with Crippen LogP contribution >= 0.6 is 0 Å². The van der Waals surface area contributed by atoms with Gasteiger partial charge in [-0.15, -0.1) is 4.90 Å². The predicted molar refractivity (Wildman–Crippen MR) is 122 cm³/mol. The summed E-state index contributed by atoms with van der Waals surface area (Å²) in [6.07, 6.45) is -2.48. The molecule has 1 aromatic carbocycles. The van der Waals surface area contributed by atoms with Crippen LogP contribution in [0.2, 0.25) is 0 Å². The number of hydrogen-bond acceptors (Lipinski definition) is 8. The fourth-order valence-electron chi connectivity index (χ4n) is 2.64. The van der Waals surface area contributed by atoms with Crippen molar-refractivity contribution in [1.82, 2.24) is 9.55 Å². The van der Waals surface area contributed by atoms with Gasteiger partial charge in [-0.25, -0.2) is 23.9 Å². The fourth-order valence-corrected chi connectivity index (χ4v) is 2.64. The van der Waals surface area contributed by atoms with E-state index in [0.29, 0.717) is 11.2 Å². The number of ether oxygens (including phenoxy) is 3. The summed E-state index contributed by atoms with van der Waals surface area (Å²) in [6, 6.07) is 4.40. The minimum absolute atomic E-state index is 0.168. The van der Waals surface area contributed by atoms with Gasteiger partial charge in [-0.1, -0.05) is 0 Å². The maximum atomic E-state index is 13.2. The SMILES string of the molecule is CC(C)(C)OC(=O)N(C(=O)OC(C)(C)C)c1nc2ccc(C=O)cc2n1C(=O)OC(C)(C)C. The molecule has 0 aliphatic carbocycles. The largest absolute Gasteiger partial charge is 0.443 e. The molecule has 1 heterocycles. The third kappa shape index (κ3) is 6.77. The van der Waals surface area contributed by atoms with E-state index in [9.17, 15) is 19.2 Å². The molecule has 0 fully saturated rings. The van der Waals surface area contributed by atoms with Crippen molar-refractivity contribution in [2.75, 3.05) is 4.90 Å². The number of hydrogen-bond donors (Lipinski definition) is 0. The fraction of sp³-hybridized carbons (Fsp3) is 0.522. The van der Waals surface area contributed by atoms with E-state index >= 15 is 0 Å². The van der Waals surface area contributed by atoms with Gasteiger partial charge in [0.15, 0.2) is 0 Å². The van der Waals surface area contributed by atoms with Crippen LogP contribution in [0.5, 0.6) is 0 Å². The Morgan fingerprint density at radius 2 is 1.33 bits per heavy atom. The van der Waals surface area contributed by atoms with Crippen molar-refractivity contribution < 1.29 is 33.4 Å². The van der Waals surface area contributed by atoms with E-state index in [1.807, 2.05) is 0 Å². The summed E-state index contributed by atoms with van der Waals surface area (Å²) in [5.74, 6) is -0.384. The maximum Gasteiger partial charge on any atom is 0.427 e. The Morgan fingerprint density at radius 1 is 0.848 bits per heavy atom. The summed E-state index contributed by atoms with van der Waals surface area (Å²) in [5.41, 5.74) is -2.12. The number of imide groups is 1. The van der Waals surface area contributed by atoms with E-state index in [0.717, 1.165) is 4.57 Å². The van der Waals surface area contributed by atoms with Crippen molar-refractivity contribution >= 4 is 41.5 Å². The molecular weight excluding hydrogens is 430 g/mol. The minimum atomic E-state index is -1.09. The molecule has 0 radical (unpaired) electrons. The van der Waals surface area contributed by atoms with Gasteiger partial charge < -0.3 is 14.2 Å². The van der Waals surface area contributed by atoms with Gasteiger partial charge in [0.1, 0.15) is 23.1 Å². The zero-order chi connectivity index (χ0) is 25.4. The lowest BCUT2D eigenvalue weighted by Gasteiger charge is -2.28. The number of imidazole rings is 1. The first-order valence-electron chi connectivity index (χ1n) is 10.4. The summed E-state index contributed by atoms with van der Waals surface area (Å²) < 4.78 is 17.2. The van der Waals surface area contributed by atoms with Crippen molar-refractivity contribution in [3.05, 3.63) is 23.8 Å². The zero-order valence-corrected chi connectivity index (χ0v) is 20.5. The van der Waals surface area contributed by atoms with E-state index < -0.39 is 35.1 Å². The number of aldehydes is 1. The van der Waals surface area contributed by atoms with E-state index in [1.54, 1.807) is 62.3 Å². The molecule has 0 bridgehead atoms. The van der Waals surface area contributed by atoms with Gasteiger partial charge in [-0.2, -0.15) is 0 Å². The molecule has 2 amide bonds. The molecule has 2 aromatic rings. The van der Waals surface area contributed by atoms with Crippen LogP contribution in [0.4, 0.5) is 20.3 Å². The Balaban J connectivity index is 2.79. The third-order valence-electron chi connectivity index (χ3n) is 3.73. The number of rotatable bonds is 2. The molecular formula is C23H31N3O7. The van der Waals surface area contributed by atoms with Crippen LogP contribution in [0.25, 0.3) is 11.0 Å². The summed E-state index contributed by atoms with van der Waals surface area (Å²) in [5, 5.41) is 0. The molecule has 0 aliphatic heterocycles. The van der Waals surface area contributed by atoms with Crippen molar-refractivity contribution in [3.63, 3.8) is 0 Å². The molecule has 1 aromatic heterocycles. The van der Waals surface area contributed by atoms with Gasteiger partial charge in [0, 0.05) is 5.56 Å². The third-order valence-corrected chi connectivity index (χ3v) is 3.73. The van der Waals surface area contributed by atoms with Gasteiger partial charge in [-0.3, -0.25) is 4.79 Å². The maximum absolute atomic E-state index is 13.2. The zero-order valence-electron chi connectivity index (χ0n) is 20.5. The van der Waals surface area contributed by atoms with Crippen LogP contribution < -0.4 is 4.90 Å². The number of aromatic nitrogens is 2. The van der Waals surface area contributed by atoms with Gasteiger partial charge in [0.05, 0.1) is 11.0 Å². The molecule has 2 rings (SSSR count). The molecule has 0 saturated carbocycles. The Bertz CT molecular complexity index is 1050. The highest BCUT2D eigenvalue weighted by atomic mass is 16.6. The lowest BCUT2D eigenvalue weighted by Crippen LogP contribution is -2.45. The highest BCUT2D eigenvalue weighted by Gasteiger charge is 2.38. The average molecular weight is 462 g/mol. The Labute approximate surface area is 192 Å². The van der Waals surface area contributed by atoms with Gasteiger partial charge in [0.2, 0.25) is 5.95 Å². The highest BCUT2D eigenvalue weighted by molar-refractivity contribution is 6.10. The second kappa shape index (κ2) is 8.84. The van der Waals surface area contributed by atoms with E-state index in [4.69, 9.17) is 14.2 Å². The van der Waals surface area contributed by atoms with Crippen LogP contribution in [0, 0.1) is 0 Å². The van der Waals surface area contributed by atoms with Crippen LogP contribution in [0.15, 0.2) is 18.2 Å². The number of amides is 2. The van der Waals surface area contributed by atoms with Crippen molar-refractivity contribution in [3.8, 4) is 0 Å². The summed E-state index contributed by atoms with van der Waals surface area (Å²) in [4.78, 5) is 55.5. The molecule has 0 N–H and O–H groups in total. The smallest absolute Gasteiger partial charge is 0.427 e. The lowest BCUT2D eigenvalue weighted by molar-refractivity contribution is 0.0423. The molecule has 10 nitrogen and oxygen atoms in total. The van der Waals surface area contributed by atoms with Crippen LogP contribution in [0.3, 0.4) is 0 Å². The number of fused-ring (bicyclic) bond motifs is 1. The first-order chi connectivity index (χ1) is 14.9. The van der Waals surface area contributed by atoms with Crippen LogP contribution in [-0.4, -0.2) is 50.9 Å². The van der Waals surface area contributed by atoms with Crippen molar-refractivity contribution in [2.24, 2.45) is 0 Å². The monoisotopic (exact) mass is 461 g/mol. The predicted octanol–water partition coefficient (Wildman–Crippen LogP) is 5.31. The average Bonchev–Trinajstić information content (AvgIpc) is 2.94. The van der Waals surface area contributed by atoms with Crippen LogP contribution in [0.1, 0.15) is 72.7 Å². The van der Waals surface area contributed by atoms with Crippen molar-refractivity contribution in [1.29, 1.82) is 0 Å². The molecule has 180 valence electrons. The summed E-state index contributed by atoms with van der Waals surface area (Å²) in [7, 11) is 0. The number of anilines is 1. The van der Waals surface area contributed by atoms with Gasteiger partial charge >= 0.3 is 18.3 Å². The summed E-state index contributed by atoms with van der Waals surface area (Å²) >= 11 is 0. The lowest BCUT2D eigenvalue weighted by atomic mass is 10.2. The van der Waals surface area contributed by atoms with E-state index in [-0.39, 0.29) is 22.5 Å². The normalized spacial score (nSPS) is 12.3. The van der Waals surface area contributed by atoms with Crippen LogP contribution in [-0.2, 0) is 14.2 Å². The minimum Gasteiger partial charge on any atom is -0.443 e. The highest BCUT2D eigenvalue weighted by Crippen LogP contribution is 2.28. The Hall–Kier alpha value is -3.43. The molecule has 0 atom stereocenters.